The van der Waals surface area contributed by atoms with E-state index in [1.165, 1.54) is 0 Å². The van der Waals surface area contributed by atoms with Gasteiger partial charge in [0.25, 0.3) is 0 Å². The molecule has 28 heavy (non-hydrogen) atoms. The fourth-order valence-electron chi connectivity index (χ4n) is 3.49. The molecule has 4 aromatic rings. The minimum atomic E-state index is -1.10. The van der Waals surface area contributed by atoms with E-state index in [-0.39, 0.29) is 0 Å². The number of nitrogens with zero attached hydrogens (tertiary/aromatic N) is 4. The largest absolute Gasteiger partial charge is 0.452 e. The Balaban J connectivity index is 1.75. The molecule has 1 fully saturated rings. The zero-order chi connectivity index (χ0) is 19.3. The van der Waals surface area contributed by atoms with Crippen molar-refractivity contribution in [3.8, 4) is 11.4 Å². The normalized spacial score (nSPS) is 15.6. The Labute approximate surface area is 161 Å². The number of nitrogens with one attached hydrogen (secondary N) is 1. The van der Waals surface area contributed by atoms with Crippen LogP contribution in [0.2, 0.25) is 0 Å². The van der Waals surface area contributed by atoms with E-state index in [2.05, 4.69) is 15.1 Å². The zero-order valence-electron chi connectivity index (χ0n) is 15.8. The minimum absolute atomic E-state index is 0.463. The molecule has 0 spiro atoms. The first-order valence-electron chi connectivity index (χ1n) is 9.30. The van der Waals surface area contributed by atoms with Gasteiger partial charge in [-0.05, 0) is 19.9 Å². The highest BCUT2D eigenvalue weighted by Gasteiger charge is 2.26. The van der Waals surface area contributed by atoms with Crippen LogP contribution in [-0.2, 0) is 10.3 Å². The lowest BCUT2D eigenvalue weighted by molar-refractivity contribution is 0.0559. The molecule has 0 amide bonds. The van der Waals surface area contributed by atoms with Gasteiger partial charge in [-0.3, -0.25) is 5.10 Å². The number of furan rings is 1. The molecule has 0 unspecified atom stereocenters. The molecule has 0 radical (unpaired) electrons. The lowest BCUT2D eigenvalue weighted by Crippen LogP contribution is -2.37. The fourth-order valence-corrected chi connectivity index (χ4v) is 3.49. The fraction of sp³-hybridized carbons (Fsp3) is 0.350. The van der Waals surface area contributed by atoms with E-state index >= 15 is 0 Å². The quantitative estimate of drug-likeness (QED) is 0.564. The van der Waals surface area contributed by atoms with E-state index < -0.39 is 5.60 Å². The summed E-state index contributed by atoms with van der Waals surface area (Å²) < 4.78 is 11.5. The van der Waals surface area contributed by atoms with Crippen LogP contribution in [-0.4, -0.2) is 51.6 Å². The van der Waals surface area contributed by atoms with Gasteiger partial charge in [0.05, 0.1) is 24.9 Å². The van der Waals surface area contributed by atoms with Crippen LogP contribution in [0.5, 0.6) is 0 Å². The average Bonchev–Trinajstić information content (AvgIpc) is 3.34. The number of H-pyrrole nitrogens is 1. The number of aromatic amines is 1. The number of rotatable bonds is 3. The van der Waals surface area contributed by atoms with E-state index in [9.17, 15) is 5.11 Å². The molecule has 1 aromatic carbocycles. The first-order valence-corrected chi connectivity index (χ1v) is 9.30. The van der Waals surface area contributed by atoms with Gasteiger partial charge in [0.1, 0.15) is 16.9 Å². The Bertz CT molecular complexity index is 1150. The molecule has 8 nitrogen and oxygen atoms in total. The standard InChI is InChI=1S/C20H21N5O3/c1-20(2,26)16-10-15-17(28-16)19(25-6-8-27-9-7-25)23-18(22-15)12-4-3-5-14-13(12)11-21-24-14/h3-5,10-11,26H,6-9H2,1-2H3,(H,21,24). The number of ether oxygens (including phenoxy) is 1. The topological polar surface area (TPSA) is 100 Å². The lowest BCUT2D eigenvalue weighted by Gasteiger charge is -2.28. The summed E-state index contributed by atoms with van der Waals surface area (Å²) in [4.78, 5) is 11.8. The second-order valence-electron chi connectivity index (χ2n) is 7.49. The molecule has 0 atom stereocenters. The van der Waals surface area contributed by atoms with Crippen LogP contribution in [0.4, 0.5) is 5.82 Å². The highest BCUT2D eigenvalue weighted by Crippen LogP contribution is 2.35. The SMILES string of the molecule is CC(C)(O)c1cc2nc(-c3cccc4[nH]ncc34)nc(N3CCOCC3)c2o1. The van der Waals surface area contributed by atoms with Gasteiger partial charge in [-0.25, -0.2) is 9.97 Å². The van der Waals surface area contributed by atoms with Crippen LogP contribution in [0.3, 0.4) is 0 Å². The number of hydrogen-bond acceptors (Lipinski definition) is 7. The number of aromatic nitrogens is 4. The zero-order valence-corrected chi connectivity index (χ0v) is 15.8. The van der Waals surface area contributed by atoms with Crippen molar-refractivity contribution < 1.29 is 14.3 Å². The predicted molar refractivity (Wildman–Crippen MR) is 105 cm³/mol. The van der Waals surface area contributed by atoms with E-state index in [4.69, 9.17) is 19.1 Å². The Hall–Kier alpha value is -2.97. The van der Waals surface area contributed by atoms with Crippen molar-refractivity contribution in [3.63, 3.8) is 0 Å². The summed E-state index contributed by atoms with van der Waals surface area (Å²) >= 11 is 0. The van der Waals surface area contributed by atoms with Crippen LogP contribution >= 0.6 is 0 Å². The molecule has 0 saturated carbocycles. The second-order valence-corrected chi connectivity index (χ2v) is 7.49. The Morgan fingerprint density at radius 2 is 2.00 bits per heavy atom. The van der Waals surface area contributed by atoms with Crippen LogP contribution in [0, 0.1) is 0 Å². The van der Waals surface area contributed by atoms with Crippen molar-refractivity contribution >= 4 is 27.8 Å². The van der Waals surface area contributed by atoms with E-state index in [0.717, 1.165) is 35.4 Å². The Morgan fingerprint density at radius 3 is 2.79 bits per heavy atom. The van der Waals surface area contributed by atoms with Crippen LogP contribution in [0.15, 0.2) is 34.9 Å². The van der Waals surface area contributed by atoms with E-state index in [1.54, 1.807) is 26.1 Å². The maximum atomic E-state index is 10.4. The molecular formula is C20H21N5O3. The Morgan fingerprint density at radius 1 is 1.18 bits per heavy atom. The van der Waals surface area contributed by atoms with Crippen molar-refractivity contribution in [3.05, 3.63) is 36.2 Å². The summed E-state index contributed by atoms with van der Waals surface area (Å²) in [7, 11) is 0. The van der Waals surface area contributed by atoms with Crippen molar-refractivity contribution in [2.75, 3.05) is 31.2 Å². The number of morpholine rings is 1. The molecule has 3 aromatic heterocycles. The second kappa shape index (κ2) is 6.29. The predicted octanol–water partition coefficient (Wildman–Crippen LogP) is 2.83. The van der Waals surface area contributed by atoms with Gasteiger partial charge in [-0.15, -0.1) is 0 Å². The van der Waals surface area contributed by atoms with Gasteiger partial charge in [0, 0.05) is 30.1 Å². The maximum Gasteiger partial charge on any atom is 0.195 e. The number of aliphatic hydroxyl groups is 1. The molecule has 1 saturated heterocycles. The highest BCUT2D eigenvalue weighted by atomic mass is 16.5. The van der Waals surface area contributed by atoms with Gasteiger partial charge in [-0.1, -0.05) is 12.1 Å². The van der Waals surface area contributed by atoms with Crippen molar-refractivity contribution in [1.82, 2.24) is 20.2 Å². The van der Waals surface area contributed by atoms with Crippen molar-refractivity contribution in [1.29, 1.82) is 0 Å². The average molecular weight is 379 g/mol. The third-order valence-corrected chi connectivity index (χ3v) is 4.99. The summed E-state index contributed by atoms with van der Waals surface area (Å²) in [5.74, 6) is 1.79. The summed E-state index contributed by atoms with van der Waals surface area (Å²) in [5.41, 5.74) is 1.98. The van der Waals surface area contributed by atoms with Crippen molar-refractivity contribution in [2.45, 2.75) is 19.4 Å². The van der Waals surface area contributed by atoms with Gasteiger partial charge < -0.3 is 19.2 Å². The third-order valence-electron chi connectivity index (χ3n) is 4.99. The lowest BCUT2D eigenvalue weighted by atomic mass is 10.1. The molecule has 1 aliphatic heterocycles. The molecule has 5 rings (SSSR count). The summed E-state index contributed by atoms with van der Waals surface area (Å²) in [6.07, 6.45) is 1.78. The molecule has 1 aliphatic rings. The molecule has 8 heteroatoms. The smallest absolute Gasteiger partial charge is 0.195 e. The molecule has 144 valence electrons. The van der Waals surface area contributed by atoms with Crippen LogP contribution in [0.25, 0.3) is 33.4 Å². The molecule has 0 bridgehead atoms. The molecule has 2 N–H and O–H groups in total. The van der Waals surface area contributed by atoms with Gasteiger partial charge in [0.2, 0.25) is 0 Å². The Kier molecular flexibility index (Phi) is 3.85. The number of benzene rings is 1. The van der Waals surface area contributed by atoms with Gasteiger partial charge in [-0.2, -0.15) is 5.10 Å². The summed E-state index contributed by atoms with van der Waals surface area (Å²) in [6, 6.07) is 7.70. The van der Waals surface area contributed by atoms with Crippen LogP contribution in [0.1, 0.15) is 19.6 Å². The summed E-state index contributed by atoms with van der Waals surface area (Å²) in [5, 5.41) is 18.5. The molecular weight excluding hydrogens is 358 g/mol. The number of anilines is 1. The third kappa shape index (κ3) is 2.81. The van der Waals surface area contributed by atoms with Crippen molar-refractivity contribution in [2.24, 2.45) is 0 Å². The van der Waals surface area contributed by atoms with Gasteiger partial charge in [0.15, 0.2) is 17.2 Å². The maximum absolute atomic E-state index is 10.4. The monoisotopic (exact) mass is 379 g/mol. The molecule has 0 aliphatic carbocycles. The minimum Gasteiger partial charge on any atom is -0.452 e. The van der Waals surface area contributed by atoms with E-state index in [1.807, 2.05) is 18.2 Å². The first-order chi connectivity index (χ1) is 13.5. The molecule has 4 heterocycles. The summed E-state index contributed by atoms with van der Waals surface area (Å²) in [6.45, 7) is 6.10. The number of hydrogen-bond donors (Lipinski definition) is 2. The number of fused-ring (bicyclic) bond motifs is 2. The van der Waals surface area contributed by atoms with Crippen LogP contribution < -0.4 is 4.90 Å². The van der Waals surface area contributed by atoms with Gasteiger partial charge >= 0.3 is 0 Å². The highest BCUT2D eigenvalue weighted by molar-refractivity contribution is 5.95. The van der Waals surface area contributed by atoms with E-state index in [0.29, 0.717) is 35.9 Å². The first kappa shape index (κ1) is 17.2.